The van der Waals surface area contributed by atoms with E-state index in [4.69, 9.17) is 4.42 Å². The summed E-state index contributed by atoms with van der Waals surface area (Å²) in [6.45, 7) is 0. The molecule has 7 heteroatoms. The summed E-state index contributed by atoms with van der Waals surface area (Å²) in [6.07, 6.45) is 0. The first-order valence-electron chi connectivity index (χ1n) is 13.3. The van der Waals surface area contributed by atoms with Crippen LogP contribution in [0.3, 0.4) is 0 Å². The molecule has 2 nitrogen and oxygen atoms in total. The molecule has 0 saturated heterocycles. The maximum absolute atomic E-state index is 9.75. The van der Waals surface area contributed by atoms with Gasteiger partial charge in [0, 0.05) is 22.6 Å². The maximum Gasteiger partial charge on any atom is 0.673 e. The molecule has 0 bridgehead atoms. The average molecular weight is 563 g/mol. The summed E-state index contributed by atoms with van der Waals surface area (Å²) in [5.41, 5.74) is 7.68. The van der Waals surface area contributed by atoms with Crippen LogP contribution in [-0.4, -0.2) is 7.25 Å². The highest BCUT2D eigenvalue weighted by atomic mass is 19.5. The van der Waals surface area contributed by atoms with Crippen molar-refractivity contribution in [3.05, 3.63) is 158 Å². The standard InChI is InChI=1S/C35H26NO.BF4/c1-5-13-27(14-6-1)30-25-34(28-15-7-2-8-16-28)37-35(26-30)29-21-23-33(24-22-29)36(31-17-9-3-10-18-31)32-19-11-4-12-20-32;2-1(3,4)5/h1-26H;/q+1;-1. The fraction of sp³-hybridized carbons (Fsp3) is 0. The molecule has 1 heterocycles. The van der Waals surface area contributed by atoms with Gasteiger partial charge in [0.2, 0.25) is 0 Å². The van der Waals surface area contributed by atoms with Gasteiger partial charge in [-0.3, -0.25) is 0 Å². The third kappa shape index (κ3) is 7.52. The lowest BCUT2D eigenvalue weighted by molar-refractivity contribution is 0.368. The second kappa shape index (κ2) is 13.0. The second-order valence-electron chi connectivity index (χ2n) is 9.35. The van der Waals surface area contributed by atoms with Crippen molar-refractivity contribution in [2.45, 2.75) is 0 Å². The quantitative estimate of drug-likeness (QED) is 0.114. The van der Waals surface area contributed by atoms with Crippen molar-refractivity contribution in [1.82, 2.24) is 0 Å². The summed E-state index contributed by atoms with van der Waals surface area (Å²) < 4.78 is 45.5. The highest BCUT2D eigenvalue weighted by molar-refractivity contribution is 6.50. The van der Waals surface area contributed by atoms with E-state index in [9.17, 15) is 17.3 Å². The molecule has 0 N–H and O–H groups in total. The van der Waals surface area contributed by atoms with Crippen LogP contribution < -0.4 is 4.90 Å². The molecular weight excluding hydrogens is 537 g/mol. The lowest BCUT2D eigenvalue weighted by Gasteiger charge is -2.25. The Hall–Kier alpha value is -5.17. The summed E-state index contributed by atoms with van der Waals surface area (Å²) in [6, 6.07) is 54.4. The van der Waals surface area contributed by atoms with Gasteiger partial charge in [0.05, 0.1) is 23.3 Å². The largest absolute Gasteiger partial charge is 0.673 e. The number of halogens is 4. The smallest absolute Gasteiger partial charge is 0.418 e. The average Bonchev–Trinajstić information content (AvgIpc) is 3.02. The van der Waals surface area contributed by atoms with E-state index >= 15 is 0 Å². The number of anilines is 3. The molecule has 0 aliphatic carbocycles. The molecule has 1 aromatic heterocycles. The number of hydrogen-bond donors (Lipinski definition) is 0. The highest BCUT2D eigenvalue weighted by Gasteiger charge is 2.22. The van der Waals surface area contributed by atoms with Crippen LogP contribution in [0.2, 0.25) is 0 Å². The molecule has 0 amide bonds. The Labute approximate surface area is 242 Å². The van der Waals surface area contributed by atoms with Gasteiger partial charge in [-0.1, -0.05) is 84.9 Å². The molecule has 0 saturated carbocycles. The predicted octanol–water partition coefficient (Wildman–Crippen LogP) is 11.3. The van der Waals surface area contributed by atoms with Gasteiger partial charge in [-0.25, -0.2) is 4.42 Å². The van der Waals surface area contributed by atoms with E-state index in [1.165, 1.54) is 0 Å². The third-order valence-corrected chi connectivity index (χ3v) is 6.40. The van der Waals surface area contributed by atoms with Crippen LogP contribution in [0.4, 0.5) is 34.3 Å². The molecule has 0 spiro atoms. The minimum atomic E-state index is -6.00. The molecule has 0 aliphatic heterocycles. The first-order valence-corrected chi connectivity index (χ1v) is 13.3. The van der Waals surface area contributed by atoms with E-state index in [1.807, 2.05) is 36.4 Å². The predicted molar refractivity (Wildman–Crippen MR) is 164 cm³/mol. The lowest BCUT2D eigenvalue weighted by Crippen LogP contribution is -2.09. The van der Waals surface area contributed by atoms with Gasteiger partial charge < -0.3 is 22.2 Å². The zero-order valence-electron chi connectivity index (χ0n) is 22.5. The fourth-order valence-corrected chi connectivity index (χ4v) is 4.56. The molecule has 6 rings (SSSR count). The zero-order valence-corrected chi connectivity index (χ0v) is 22.5. The van der Waals surface area contributed by atoms with Gasteiger partial charge in [-0.05, 0) is 66.2 Å². The molecule has 6 aromatic rings. The van der Waals surface area contributed by atoms with Crippen molar-refractivity contribution < 1.29 is 21.7 Å². The summed E-state index contributed by atoms with van der Waals surface area (Å²) >= 11 is 0. The second-order valence-corrected chi connectivity index (χ2v) is 9.35. The normalized spacial score (nSPS) is 10.9. The van der Waals surface area contributed by atoms with E-state index in [-0.39, 0.29) is 0 Å². The molecule has 0 aliphatic rings. The molecule has 0 atom stereocenters. The third-order valence-electron chi connectivity index (χ3n) is 6.40. The Morgan fingerprint density at radius 2 is 0.714 bits per heavy atom. The lowest BCUT2D eigenvalue weighted by atomic mass is 10.0. The van der Waals surface area contributed by atoms with Crippen LogP contribution >= 0.6 is 0 Å². The Kier molecular flexibility index (Phi) is 8.78. The first kappa shape index (κ1) is 28.4. The maximum atomic E-state index is 9.75. The number of hydrogen-bond acceptors (Lipinski definition) is 1. The Morgan fingerprint density at radius 1 is 0.381 bits per heavy atom. The van der Waals surface area contributed by atoms with E-state index in [0.717, 1.165) is 50.8 Å². The van der Waals surface area contributed by atoms with Crippen molar-refractivity contribution in [2.75, 3.05) is 4.90 Å². The van der Waals surface area contributed by atoms with E-state index in [1.54, 1.807) is 0 Å². The molecule has 5 aromatic carbocycles. The minimum Gasteiger partial charge on any atom is -0.418 e. The summed E-state index contributed by atoms with van der Waals surface area (Å²) in [5.74, 6) is 1.67. The Morgan fingerprint density at radius 3 is 1.14 bits per heavy atom. The van der Waals surface area contributed by atoms with Crippen molar-refractivity contribution in [1.29, 1.82) is 0 Å². The number of nitrogens with zero attached hydrogens (tertiary/aromatic N) is 1. The molecule has 42 heavy (non-hydrogen) atoms. The van der Waals surface area contributed by atoms with Crippen LogP contribution in [0.1, 0.15) is 0 Å². The van der Waals surface area contributed by atoms with Gasteiger partial charge in [-0.2, -0.15) is 0 Å². The van der Waals surface area contributed by atoms with Gasteiger partial charge in [-0.15, -0.1) is 0 Å². The van der Waals surface area contributed by atoms with E-state index in [2.05, 4.69) is 126 Å². The van der Waals surface area contributed by atoms with Crippen molar-refractivity contribution >= 4 is 24.3 Å². The van der Waals surface area contributed by atoms with Crippen LogP contribution in [0.15, 0.2) is 162 Å². The highest BCUT2D eigenvalue weighted by Crippen LogP contribution is 2.37. The van der Waals surface area contributed by atoms with E-state index in [0.29, 0.717) is 0 Å². The summed E-state index contributed by atoms with van der Waals surface area (Å²) in [5, 5.41) is 0. The van der Waals surface area contributed by atoms with Gasteiger partial charge in [0.25, 0.3) is 0 Å². The molecule has 208 valence electrons. The number of rotatable bonds is 6. The van der Waals surface area contributed by atoms with Crippen molar-refractivity contribution in [2.24, 2.45) is 0 Å². The van der Waals surface area contributed by atoms with Gasteiger partial charge in [0.15, 0.2) is 0 Å². The summed E-state index contributed by atoms with van der Waals surface area (Å²) in [4.78, 5) is 2.26. The molecular formula is C35H26BF4NO. The molecule has 0 unspecified atom stereocenters. The number of para-hydroxylation sites is 2. The Balaban J connectivity index is 0.000000652. The topological polar surface area (TPSA) is 14.5 Å². The van der Waals surface area contributed by atoms with Crippen molar-refractivity contribution in [3.63, 3.8) is 0 Å². The van der Waals surface area contributed by atoms with Crippen LogP contribution in [0.25, 0.3) is 33.8 Å². The molecule has 0 radical (unpaired) electrons. The monoisotopic (exact) mass is 563 g/mol. The van der Waals surface area contributed by atoms with Gasteiger partial charge >= 0.3 is 18.8 Å². The SMILES string of the molecule is F[B-](F)(F)F.c1ccc(-c2cc(-c3ccccc3)[o+]c(-c3ccc(N(c4ccccc4)c4ccccc4)cc3)c2)cc1. The van der Waals surface area contributed by atoms with Crippen molar-refractivity contribution in [3.8, 4) is 33.8 Å². The fourth-order valence-electron chi connectivity index (χ4n) is 4.56. The van der Waals surface area contributed by atoms with Crippen LogP contribution in [0, 0.1) is 0 Å². The minimum absolute atomic E-state index is 0.831. The summed E-state index contributed by atoms with van der Waals surface area (Å²) in [7, 11) is -6.00. The van der Waals surface area contributed by atoms with Crippen LogP contribution in [-0.2, 0) is 0 Å². The van der Waals surface area contributed by atoms with Crippen LogP contribution in [0.5, 0.6) is 0 Å². The Bertz CT molecular complexity index is 1590. The first-order chi connectivity index (χ1) is 20.3. The molecule has 0 fully saturated rings. The zero-order chi connectivity index (χ0) is 29.4. The van der Waals surface area contributed by atoms with Gasteiger partial charge in [0.1, 0.15) is 0 Å². The number of benzene rings is 5. The van der Waals surface area contributed by atoms with E-state index < -0.39 is 7.25 Å².